The van der Waals surface area contributed by atoms with Crippen molar-refractivity contribution in [1.82, 2.24) is 0 Å². The van der Waals surface area contributed by atoms with E-state index in [-0.39, 0.29) is 0 Å². The number of rotatable bonds is 0. The molecule has 3 fully saturated rings. The molecule has 19 heavy (non-hydrogen) atoms. The van der Waals surface area contributed by atoms with Crippen LogP contribution in [0.2, 0.25) is 0 Å². The molecule has 0 aliphatic heterocycles. The lowest BCUT2D eigenvalue weighted by atomic mass is 9.52. The summed E-state index contributed by atoms with van der Waals surface area (Å²) in [6, 6.07) is 0. The maximum Gasteiger partial charge on any atom is -0.0141 e. The summed E-state index contributed by atoms with van der Waals surface area (Å²) in [7, 11) is 0. The molecule has 0 N–H and O–H groups in total. The van der Waals surface area contributed by atoms with Gasteiger partial charge >= 0.3 is 0 Å². The Morgan fingerprint density at radius 3 is 2.84 bits per heavy atom. The molecule has 0 bridgehead atoms. The summed E-state index contributed by atoms with van der Waals surface area (Å²) < 4.78 is 0. The molecule has 0 heterocycles. The van der Waals surface area contributed by atoms with E-state index in [0.29, 0.717) is 5.41 Å². The van der Waals surface area contributed by atoms with Gasteiger partial charge in [-0.1, -0.05) is 44.8 Å². The lowest BCUT2D eigenvalue weighted by Gasteiger charge is -2.53. The average molecular weight is 258 g/mol. The van der Waals surface area contributed by atoms with Gasteiger partial charge in [0.2, 0.25) is 0 Å². The maximum atomic E-state index is 2.74. The van der Waals surface area contributed by atoms with Crippen LogP contribution in [0.3, 0.4) is 0 Å². The third-order valence-electron chi connectivity index (χ3n) is 7.41. The van der Waals surface area contributed by atoms with Gasteiger partial charge in [0.1, 0.15) is 0 Å². The first-order valence-electron chi connectivity index (χ1n) is 8.89. The Hall–Kier alpha value is -0.260. The van der Waals surface area contributed by atoms with Crippen molar-refractivity contribution in [1.29, 1.82) is 0 Å². The average Bonchev–Trinajstić information content (AvgIpc) is 2.80. The van der Waals surface area contributed by atoms with E-state index >= 15 is 0 Å². The summed E-state index contributed by atoms with van der Waals surface area (Å²) in [5.41, 5.74) is 2.62. The lowest BCUT2D eigenvalue weighted by molar-refractivity contribution is 0.0558. The molecule has 0 heteroatoms. The fourth-order valence-corrected chi connectivity index (χ4v) is 6.52. The zero-order chi connectivity index (χ0) is 13.0. The van der Waals surface area contributed by atoms with E-state index in [2.05, 4.69) is 19.9 Å². The molecule has 0 aromatic carbocycles. The van der Waals surface area contributed by atoms with Gasteiger partial charge in [0, 0.05) is 0 Å². The first kappa shape index (κ1) is 12.5. The van der Waals surface area contributed by atoms with Crippen molar-refractivity contribution in [2.45, 2.75) is 71.6 Å². The van der Waals surface area contributed by atoms with E-state index in [0.717, 1.165) is 29.6 Å². The first-order valence-corrected chi connectivity index (χ1v) is 8.89. The van der Waals surface area contributed by atoms with Gasteiger partial charge in [0.15, 0.2) is 0 Å². The van der Waals surface area contributed by atoms with Crippen molar-refractivity contribution >= 4 is 0 Å². The predicted octanol–water partition coefficient (Wildman–Crippen LogP) is 5.59. The first-order chi connectivity index (χ1) is 9.19. The Bertz CT molecular complexity index is 393. The summed E-state index contributed by atoms with van der Waals surface area (Å²) in [6.07, 6.45) is 16.3. The summed E-state index contributed by atoms with van der Waals surface area (Å²) >= 11 is 0. The van der Waals surface area contributed by atoms with Crippen LogP contribution in [0.15, 0.2) is 11.6 Å². The van der Waals surface area contributed by atoms with Crippen LogP contribution < -0.4 is 0 Å². The number of hydrogen-bond donors (Lipinski definition) is 0. The molecule has 0 amide bonds. The fourth-order valence-electron chi connectivity index (χ4n) is 6.52. The normalized spacial score (nSPS) is 52.9. The second-order valence-corrected chi connectivity index (χ2v) is 8.45. The van der Waals surface area contributed by atoms with E-state index in [4.69, 9.17) is 0 Å². The Morgan fingerprint density at radius 2 is 1.95 bits per heavy atom. The zero-order valence-electron chi connectivity index (χ0n) is 12.8. The molecule has 106 valence electrons. The van der Waals surface area contributed by atoms with Crippen molar-refractivity contribution in [3.8, 4) is 0 Å². The Balaban J connectivity index is 1.70. The topological polar surface area (TPSA) is 0 Å². The molecule has 4 rings (SSSR count). The van der Waals surface area contributed by atoms with Gasteiger partial charge in [-0.05, 0) is 73.5 Å². The van der Waals surface area contributed by atoms with E-state index in [1.165, 1.54) is 51.4 Å². The van der Waals surface area contributed by atoms with Crippen LogP contribution in [0.25, 0.3) is 0 Å². The highest BCUT2D eigenvalue weighted by atomic mass is 14.6. The van der Waals surface area contributed by atoms with Crippen LogP contribution in [-0.2, 0) is 0 Å². The molecule has 4 aliphatic rings. The van der Waals surface area contributed by atoms with E-state index in [1.807, 2.05) is 5.57 Å². The van der Waals surface area contributed by atoms with Gasteiger partial charge in [0.05, 0.1) is 0 Å². The zero-order valence-corrected chi connectivity index (χ0v) is 12.8. The fraction of sp³-hybridized carbons (Fsp3) is 0.895. The second-order valence-electron chi connectivity index (χ2n) is 8.45. The van der Waals surface area contributed by atoms with Gasteiger partial charge in [-0.2, -0.15) is 0 Å². The maximum absolute atomic E-state index is 2.74. The smallest absolute Gasteiger partial charge is 0.0141 e. The Morgan fingerprint density at radius 1 is 1.11 bits per heavy atom. The molecule has 0 radical (unpaired) electrons. The van der Waals surface area contributed by atoms with Crippen molar-refractivity contribution in [3.63, 3.8) is 0 Å². The summed E-state index contributed by atoms with van der Waals surface area (Å²) in [5, 5.41) is 0. The molecule has 0 saturated heterocycles. The van der Waals surface area contributed by atoms with Crippen molar-refractivity contribution in [2.24, 2.45) is 35.0 Å². The minimum absolute atomic E-state index is 0.671. The van der Waals surface area contributed by atoms with Gasteiger partial charge in [-0.3, -0.25) is 0 Å². The summed E-state index contributed by atoms with van der Waals surface area (Å²) in [5.74, 6) is 5.02. The molecular formula is C19H30. The number of allylic oxidation sites excluding steroid dienone is 2. The molecule has 4 aliphatic carbocycles. The van der Waals surface area contributed by atoms with Crippen LogP contribution in [-0.4, -0.2) is 0 Å². The van der Waals surface area contributed by atoms with E-state index < -0.39 is 0 Å². The predicted molar refractivity (Wildman–Crippen MR) is 80.9 cm³/mol. The van der Waals surface area contributed by atoms with Crippen molar-refractivity contribution < 1.29 is 0 Å². The number of fused-ring (bicyclic) bond motifs is 5. The van der Waals surface area contributed by atoms with E-state index in [9.17, 15) is 0 Å². The van der Waals surface area contributed by atoms with E-state index in [1.54, 1.807) is 6.42 Å². The Labute approximate surface area is 119 Å². The van der Waals surface area contributed by atoms with Crippen LogP contribution in [0.4, 0.5) is 0 Å². The van der Waals surface area contributed by atoms with Crippen LogP contribution in [0, 0.1) is 35.0 Å². The number of hydrogen-bond acceptors (Lipinski definition) is 0. The highest BCUT2D eigenvalue weighted by Gasteiger charge is 2.51. The molecule has 6 atom stereocenters. The third-order valence-corrected chi connectivity index (χ3v) is 7.41. The summed E-state index contributed by atoms with van der Waals surface area (Å²) in [6.45, 7) is 5.17. The van der Waals surface area contributed by atoms with Gasteiger partial charge in [-0.25, -0.2) is 0 Å². The Kier molecular flexibility index (Phi) is 2.87. The van der Waals surface area contributed by atoms with Gasteiger partial charge in [-0.15, -0.1) is 0 Å². The molecule has 0 nitrogen and oxygen atoms in total. The molecule has 3 saturated carbocycles. The van der Waals surface area contributed by atoms with Crippen LogP contribution in [0.5, 0.6) is 0 Å². The molecule has 0 aromatic heterocycles. The molecular weight excluding hydrogens is 228 g/mol. The quantitative estimate of drug-likeness (QED) is 0.497. The SMILES string of the molecule is CC1CC2CCCC[C@@H]2C2=CC[C@]3(C)CCC[C@H]3[C@@H]21. The standard InChI is InChI=1S/C19H30/c1-13-12-14-6-3-4-7-15(14)16-9-11-19(2)10-5-8-17(19)18(13)16/h9,13-15,17-18H,3-8,10-12H2,1-2H3/t13?,14?,15-,17-,18+,19-/m0/s1. The molecule has 0 spiro atoms. The minimum atomic E-state index is 0.671. The van der Waals surface area contributed by atoms with Crippen molar-refractivity contribution in [3.05, 3.63) is 11.6 Å². The lowest BCUT2D eigenvalue weighted by Crippen LogP contribution is -2.44. The van der Waals surface area contributed by atoms with Gasteiger partial charge in [0.25, 0.3) is 0 Å². The third kappa shape index (κ3) is 1.78. The highest BCUT2D eigenvalue weighted by Crippen LogP contribution is 2.61. The summed E-state index contributed by atoms with van der Waals surface area (Å²) in [4.78, 5) is 0. The molecule has 2 unspecified atom stereocenters. The van der Waals surface area contributed by atoms with Crippen LogP contribution >= 0.6 is 0 Å². The van der Waals surface area contributed by atoms with Crippen molar-refractivity contribution in [2.75, 3.05) is 0 Å². The monoisotopic (exact) mass is 258 g/mol. The minimum Gasteiger partial charge on any atom is -0.0842 e. The van der Waals surface area contributed by atoms with Crippen LogP contribution in [0.1, 0.15) is 71.6 Å². The highest BCUT2D eigenvalue weighted by molar-refractivity contribution is 5.24. The second kappa shape index (κ2) is 4.37. The largest absolute Gasteiger partial charge is 0.0842 e. The molecule has 0 aromatic rings. The van der Waals surface area contributed by atoms with Gasteiger partial charge < -0.3 is 0 Å².